The third-order valence-corrected chi connectivity index (χ3v) is 4.50. The Hall–Kier alpha value is -1.67. The molecule has 2 N–H and O–H groups in total. The molecule has 1 fully saturated rings. The van der Waals surface area contributed by atoms with Gasteiger partial charge >= 0.3 is 0 Å². The summed E-state index contributed by atoms with van der Waals surface area (Å²) in [6, 6.07) is 8.93. The van der Waals surface area contributed by atoms with Crippen molar-refractivity contribution < 1.29 is 9.32 Å². The maximum atomic E-state index is 12.6. The third kappa shape index (κ3) is 4.94. The minimum atomic E-state index is -0.603. The number of amides is 1. The smallest absolute Gasteiger partial charge is 0.244 e. The molecule has 2 atom stereocenters. The van der Waals surface area contributed by atoms with Gasteiger partial charge in [-0.25, -0.2) is 0 Å². The van der Waals surface area contributed by atoms with E-state index in [0.29, 0.717) is 24.8 Å². The first-order chi connectivity index (χ1) is 11.6. The molecule has 0 radical (unpaired) electrons. The summed E-state index contributed by atoms with van der Waals surface area (Å²) in [5.41, 5.74) is 6.97. The summed E-state index contributed by atoms with van der Waals surface area (Å²) >= 11 is 0. The Kier molecular flexibility index (Phi) is 8.49. The van der Waals surface area contributed by atoms with Crippen LogP contribution in [-0.2, 0) is 4.79 Å². The lowest BCUT2D eigenvalue weighted by Gasteiger charge is -2.37. The van der Waals surface area contributed by atoms with Gasteiger partial charge in [0.1, 0.15) is 6.04 Å². The molecule has 1 aromatic carbocycles. The van der Waals surface area contributed by atoms with Crippen LogP contribution in [0, 0.1) is 6.92 Å². The van der Waals surface area contributed by atoms with E-state index >= 15 is 0 Å². The molecule has 7 nitrogen and oxygen atoms in total. The van der Waals surface area contributed by atoms with E-state index in [4.69, 9.17) is 10.3 Å². The number of aryl methyl sites for hydroxylation is 1. The molecule has 2 aromatic rings. The molecule has 144 valence electrons. The molecule has 1 aliphatic rings. The SMILES string of the molecule is Cc1noc(C(C)N2CCN(C(=O)C(N)c3ccccc3)CC2)n1.Cl.Cl. The first kappa shape index (κ1) is 22.4. The Morgan fingerprint density at radius 1 is 1.15 bits per heavy atom. The van der Waals surface area contributed by atoms with E-state index in [1.807, 2.05) is 42.2 Å². The Bertz CT molecular complexity index is 689. The van der Waals surface area contributed by atoms with Crippen molar-refractivity contribution in [2.75, 3.05) is 26.2 Å². The summed E-state index contributed by atoms with van der Waals surface area (Å²) in [6.45, 7) is 6.67. The maximum Gasteiger partial charge on any atom is 0.244 e. The molecule has 0 bridgehead atoms. The zero-order valence-corrected chi connectivity index (χ0v) is 16.5. The van der Waals surface area contributed by atoms with Gasteiger partial charge in [0.25, 0.3) is 0 Å². The van der Waals surface area contributed by atoms with Gasteiger partial charge in [0, 0.05) is 26.2 Å². The van der Waals surface area contributed by atoms with E-state index in [2.05, 4.69) is 15.0 Å². The molecule has 26 heavy (non-hydrogen) atoms. The standard InChI is InChI=1S/C17H23N5O2.2ClH/c1-12(16-19-13(2)20-24-16)21-8-10-22(11-9-21)17(23)15(18)14-6-4-3-5-7-14;;/h3-7,12,15H,8-11,18H2,1-2H3;2*1H. The Labute approximate surface area is 165 Å². The molecule has 3 rings (SSSR count). The lowest BCUT2D eigenvalue weighted by Crippen LogP contribution is -2.51. The Balaban J connectivity index is 0.00000169. The molecule has 1 amide bonds. The molecule has 9 heteroatoms. The van der Waals surface area contributed by atoms with Crippen LogP contribution in [0.4, 0.5) is 0 Å². The highest BCUT2D eigenvalue weighted by Gasteiger charge is 2.29. The van der Waals surface area contributed by atoms with Crippen LogP contribution in [0.1, 0.15) is 36.3 Å². The van der Waals surface area contributed by atoms with Gasteiger partial charge in [-0.05, 0) is 19.4 Å². The molecule has 1 aliphatic heterocycles. The monoisotopic (exact) mass is 401 g/mol. The van der Waals surface area contributed by atoms with Gasteiger partial charge in [0.05, 0.1) is 6.04 Å². The molecule has 0 saturated carbocycles. The van der Waals surface area contributed by atoms with Crippen molar-refractivity contribution in [1.29, 1.82) is 0 Å². The maximum absolute atomic E-state index is 12.6. The van der Waals surface area contributed by atoms with Crippen LogP contribution in [0.3, 0.4) is 0 Å². The van der Waals surface area contributed by atoms with Crippen molar-refractivity contribution in [1.82, 2.24) is 19.9 Å². The minimum absolute atomic E-state index is 0. The number of halogens is 2. The molecule has 0 spiro atoms. The van der Waals surface area contributed by atoms with Gasteiger partial charge in [-0.2, -0.15) is 4.98 Å². The number of hydrogen-bond donors (Lipinski definition) is 1. The summed E-state index contributed by atoms with van der Waals surface area (Å²) in [6.07, 6.45) is 0. The van der Waals surface area contributed by atoms with E-state index in [-0.39, 0.29) is 36.8 Å². The topological polar surface area (TPSA) is 88.5 Å². The van der Waals surface area contributed by atoms with Crippen LogP contribution in [0.5, 0.6) is 0 Å². The highest BCUT2D eigenvalue weighted by atomic mass is 35.5. The largest absolute Gasteiger partial charge is 0.338 e. The molecular weight excluding hydrogens is 377 g/mol. The minimum Gasteiger partial charge on any atom is -0.338 e. The molecular formula is C17H25Cl2N5O2. The average molecular weight is 402 g/mol. The summed E-state index contributed by atoms with van der Waals surface area (Å²) in [4.78, 5) is 21.0. The second kappa shape index (κ2) is 9.87. The lowest BCUT2D eigenvalue weighted by atomic mass is 10.1. The van der Waals surface area contributed by atoms with E-state index in [0.717, 1.165) is 18.7 Å². The van der Waals surface area contributed by atoms with Gasteiger partial charge in [-0.1, -0.05) is 35.5 Å². The van der Waals surface area contributed by atoms with Gasteiger partial charge in [-0.15, -0.1) is 24.8 Å². The quantitative estimate of drug-likeness (QED) is 0.843. The normalized spacial score (nSPS) is 17.0. The fourth-order valence-corrected chi connectivity index (χ4v) is 2.97. The number of aromatic nitrogens is 2. The summed E-state index contributed by atoms with van der Waals surface area (Å²) in [5.74, 6) is 1.23. The number of nitrogens with zero attached hydrogens (tertiary/aromatic N) is 4. The van der Waals surface area contributed by atoms with Gasteiger partial charge < -0.3 is 15.2 Å². The van der Waals surface area contributed by atoms with E-state index < -0.39 is 6.04 Å². The van der Waals surface area contributed by atoms with Crippen LogP contribution < -0.4 is 5.73 Å². The molecule has 2 heterocycles. The van der Waals surface area contributed by atoms with Crippen LogP contribution in [-0.4, -0.2) is 52.0 Å². The number of carbonyl (C=O) groups excluding carboxylic acids is 1. The van der Waals surface area contributed by atoms with Crippen molar-refractivity contribution in [2.45, 2.75) is 25.9 Å². The number of carbonyl (C=O) groups is 1. The predicted octanol–water partition coefficient (Wildman–Crippen LogP) is 2.13. The lowest BCUT2D eigenvalue weighted by molar-refractivity contribution is -0.134. The van der Waals surface area contributed by atoms with E-state index in [9.17, 15) is 4.79 Å². The second-order valence-corrected chi connectivity index (χ2v) is 6.11. The predicted molar refractivity (Wildman–Crippen MR) is 103 cm³/mol. The Morgan fingerprint density at radius 3 is 2.31 bits per heavy atom. The highest BCUT2D eigenvalue weighted by Crippen LogP contribution is 2.21. The van der Waals surface area contributed by atoms with E-state index in [1.54, 1.807) is 6.92 Å². The van der Waals surface area contributed by atoms with Gasteiger partial charge in [-0.3, -0.25) is 9.69 Å². The molecule has 2 unspecified atom stereocenters. The van der Waals surface area contributed by atoms with Crippen molar-refractivity contribution in [3.63, 3.8) is 0 Å². The third-order valence-electron chi connectivity index (χ3n) is 4.50. The zero-order chi connectivity index (χ0) is 17.1. The zero-order valence-electron chi connectivity index (χ0n) is 14.9. The Morgan fingerprint density at radius 2 is 1.77 bits per heavy atom. The number of rotatable bonds is 4. The second-order valence-electron chi connectivity index (χ2n) is 6.11. The van der Waals surface area contributed by atoms with Crippen molar-refractivity contribution in [2.24, 2.45) is 5.73 Å². The van der Waals surface area contributed by atoms with E-state index in [1.165, 1.54) is 0 Å². The van der Waals surface area contributed by atoms with Crippen LogP contribution >= 0.6 is 24.8 Å². The van der Waals surface area contributed by atoms with Crippen molar-refractivity contribution in [3.8, 4) is 0 Å². The summed E-state index contributed by atoms with van der Waals surface area (Å²) in [5, 5.41) is 3.84. The van der Waals surface area contributed by atoms with Gasteiger partial charge in [0.2, 0.25) is 11.8 Å². The highest BCUT2D eigenvalue weighted by molar-refractivity contribution is 5.85. The van der Waals surface area contributed by atoms with Crippen molar-refractivity contribution >= 4 is 30.7 Å². The fourth-order valence-electron chi connectivity index (χ4n) is 2.97. The number of benzene rings is 1. The number of hydrogen-bond acceptors (Lipinski definition) is 6. The summed E-state index contributed by atoms with van der Waals surface area (Å²) < 4.78 is 5.25. The number of piperazine rings is 1. The van der Waals surface area contributed by atoms with Crippen LogP contribution in [0.15, 0.2) is 34.9 Å². The van der Waals surface area contributed by atoms with Crippen LogP contribution in [0.2, 0.25) is 0 Å². The van der Waals surface area contributed by atoms with Gasteiger partial charge in [0.15, 0.2) is 5.82 Å². The molecule has 1 saturated heterocycles. The molecule has 0 aliphatic carbocycles. The number of nitrogens with two attached hydrogens (primary N) is 1. The first-order valence-corrected chi connectivity index (χ1v) is 8.20. The first-order valence-electron chi connectivity index (χ1n) is 8.20. The summed E-state index contributed by atoms with van der Waals surface area (Å²) in [7, 11) is 0. The average Bonchev–Trinajstić information content (AvgIpc) is 3.07. The van der Waals surface area contributed by atoms with Crippen molar-refractivity contribution in [3.05, 3.63) is 47.6 Å². The van der Waals surface area contributed by atoms with Crippen LogP contribution in [0.25, 0.3) is 0 Å². The molecule has 1 aromatic heterocycles. The fraction of sp³-hybridized carbons (Fsp3) is 0.471.